The van der Waals surface area contributed by atoms with Crippen molar-refractivity contribution in [3.8, 4) is 0 Å². The number of carbonyl (C=O) groups is 2. The fourth-order valence-corrected chi connectivity index (χ4v) is 4.16. The Hall–Kier alpha value is -2.64. The third-order valence-electron chi connectivity index (χ3n) is 5.15. The smallest absolute Gasteiger partial charge is 0.411 e. The predicted octanol–water partition coefficient (Wildman–Crippen LogP) is 4.22. The average molecular weight is 421 g/mol. The lowest BCUT2D eigenvalue weighted by Crippen LogP contribution is -2.49. The molecule has 1 fully saturated rings. The summed E-state index contributed by atoms with van der Waals surface area (Å²) in [5.74, 6) is -1.43. The van der Waals surface area contributed by atoms with E-state index in [9.17, 15) is 19.7 Å². The fourth-order valence-electron chi connectivity index (χ4n) is 4.16. The standard InChI is InChI=1S/C22H32N2O6/c1-8-29-19(25)18-15(21(2,3)4)17(24(27)28)16(14-12-10-9-11-13-14)23(18)20(26)30-22(5,6)7/h9-13,15-18H,8H2,1-7H3/t15-,16-,17-,18-/m0/s1. The zero-order valence-corrected chi connectivity index (χ0v) is 18.7. The van der Waals surface area contributed by atoms with Crippen LogP contribution in [0.1, 0.15) is 60.1 Å². The SMILES string of the molecule is CCOC(=O)[C@@H]1[C@@H](C(C)(C)C)[C@H]([N+](=O)[O-])[C@H](c2ccccc2)N1C(=O)OC(C)(C)C. The van der Waals surface area contributed by atoms with Gasteiger partial charge in [-0.15, -0.1) is 0 Å². The Bertz CT molecular complexity index is 781. The maximum absolute atomic E-state index is 13.3. The van der Waals surface area contributed by atoms with Gasteiger partial charge in [-0.3, -0.25) is 15.0 Å². The van der Waals surface area contributed by atoms with Crippen LogP contribution in [0.15, 0.2) is 30.3 Å². The maximum Gasteiger partial charge on any atom is 0.411 e. The highest BCUT2D eigenvalue weighted by Crippen LogP contribution is 2.49. The minimum absolute atomic E-state index is 0.105. The van der Waals surface area contributed by atoms with Gasteiger partial charge in [-0.1, -0.05) is 51.1 Å². The first kappa shape index (κ1) is 23.6. The van der Waals surface area contributed by atoms with Crippen molar-refractivity contribution in [1.29, 1.82) is 0 Å². The van der Waals surface area contributed by atoms with E-state index >= 15 is 0 Å². The molecule has 8 heteroatoms. The van der Waals surface area contributed by atoms with Crippen LogP contribution < -0.4 is 0 Å². The summed E-state index contributed by atoms with van der Waals surface area (Å²) < 4.78 is 10.8. The summed E-state index contributed by atoms with van der Waals surface area (Å²) in [7, 11) is 0. The molecule has 4 atom stereocenters. The molecule has 0 spiro atoms. The quantitative estimate of drug-likeness (QED) is 0.411. The molecule has 0 radical (unpaired) electrons. The van der Waals surface area contributed by atoms with Crippen molar-refractivity contribution < 1.29 is 24.0 Å². The van der Waals surface area contributed by atoms with Gasteiger partial charge in [0.25, 0.3) is 0 Å². The topological polar surface area (TPSA) is 99.0 Å². The van der Waals surface area contributed by atoms with Gasteiger partial charge < -0.3 is 9.47 Å². The first-order chi connectivity index (χ1) is 13.8. The van der Waals surface area contributed by atoms with E-state index in [1.807, 2.05) is 20.8 Å². The van der Waals surface area contributed by atoms with Gasteiger partial charge in [-0.05, 0) is 38.7 Å². The lowest BCUT2D eigenvalue weighted by atomic mass is 9.73. The summed E-state index contributed by atoms with van der Waals surface area (Å²) in [6.07, 6.45) is -0.770. The third-order valence-corrected chi connectivity index (χ3v) is 5.15. The van der Waals surface area contributed by atoms with Gasteiger partial charge in [0, 0.05) is 4.92 Å². The van der Waals surface area contributed by atoms with Gasteiger partial charge in [0.2, 0.25) is 6.04 Å². The molecular weight excluding hydrogens is 388 g/mol. The van der Waals surface area contributed by atoms with Crippen LogP contribution in [0.5, 0.6) is 0 Å². The number of nitro groups is 1. The Kier molecular flexibility index (Phi) is 6.79. The summed E-state index contributed by atoms with van der Waals surface area (Å²) >= 11 is 0. The molecule has 8 nitrogen and oxygen atoms in total. The molecule has 2 rings (SSSR count). The van der Waals surface area contributed by atoms with Gasteiger partial charge in [0.1, 0.15) is 17.7 Å². The first-order valence-electron chi connectivity index (χ1n) is 10.2. The van der Waals surface area contributed by atoms with Gasteiger partial charge in [0.15, 0.2) is 0 Å². The van der Waals surface area contributed by atoms with Crippen LogP contribution in [0, 0.1) is 21.4 Å². The molecule has 0 N–H and O–H groups in total. The third kappa shape index (κ3) is 4.91. The molecule has 0 unspecified atom stereocenters. The Morgan fingerprint density at radius 3 is 2.10 bits per heavy atom. The second-order valence-electron chi connectivity index (χ2n) is 9.61. The van der Waals surface area contributed by atoms with E-state index in [0.717, 1.165) is 0 Å². The van der Waals surface area contributed by atoms with E-state index < -0.39 is 47.1 Å². The average Bonchev–Trinajstić information content (AvgIpc) is 2.98. The van der Waals surface area contributed by atoms with E-state index in [-0.39, 0.29) is 11.5 Å². The van der Waals surface area contributed by atoms with Gasteiger partial charge in [0.05, 0.1) is 12.5 Å². The normalized spacial score (nSPS) is 24.4. The number of rotatable bonds is 4. The van der Waals surface area contributed by atoms with Crippen molar-refractivity contribution in [3.63, 3.8) is 0 Å². The molecule has 166 valence electrons. The lowest BCUT2D eigenvalue weighted by Gasteiger charge is -2.34. The summed E-state index contributed by atoms with van der Waals surface area (Å²) in [4.78, 5) is 39.4. The number of amides is 1. The van der Waals surface area contributed by atoms with Crippen molar-refractivity contribution in [2.75, 3.05) is 6.61 Å². The maximum atomic E-state index is 13.3. The molecule has 1 heterocycles. The zero-order chi connectivity index (χ0) is 22.9. The van der Waals surface area contributed by atoms with Crippen molar-refractivity contribution >= 4 is 12.1 Å². The van der Waals surface area contributed by atoms with Gasteiger partial charge in [-0.2, -0.15) is 0 Å². The zero-order valence-electron chi connectivity index (χ0n) is 18.7. The Labute approximate surface area is 177 Å². The number of ether oxygens (including phenoxy) is 2. The summed E-state index contributed by atoms with van der Waals surface area (Å²) in [6.45, 7) is 12.4. The molecule has 1 amide bonds. The fraction of sp³-hybridized carbons (Fsp3) is 0.636. The summed E-state index contributed by atoms with van der Waals surface area (Å²) in [6, 6.07) is 5.45. The highest BCUT2D eigenvalue weighted by atomic mass is 16.6. The highest BCUT2D eigenvalue weighted by molar-refractivity contribution is 5.83. The van der Waals surface area contributed by atoms with E-state index in [0.29, 0.717) is 5.56 Å². The van der Waals surface area contributed by atoms with Crippen molar-refractivity contribution in [1.82, 2.24) is 4.90 Å². The Morgan fingerprint density at radius 2 is 1.67 bits per heavy atom. The van der Waals surface area contributed by atoms with Crippen LogP contribution in [0.25, 0.3) is 0 Å². The van der Waals surface area contributed by atoms with E-state index in [1.54, 1.807) is 58.0 Å². The number of carbonyl (C=O) groups excluding carboxylic acids is 2. The lowest BCUT2D eigenvalue weighted by molar-refractivity contribution is -0.536. The molecule has 1 aromatic carbocycles. The van der Waals surface area contributed by atoms with E-state index in [4.69, 9.17) is 9.47 Å². The number of benzene rings is 1. The molecule has 1 aliphatic rings. The van der Waals surface area contributed by atoms with E-state index in [1.165, 1.54) is 4.90 Å². The molecule has 1 aliphatic heterocycles. The number of nitrogens with zero attached hydrogens (tertiary/aromatic N) is 2. The van der Waals surface area contributed by atoms with Gasteiger partial charge >= 0.3 is 12.1 Å². The molecule has 0 bridgehead atoms. The van der Waals surface area contributed by atoms with Crippen LogP contribution in [-0.4, -0.2) is 46.2 Å². The molecule has 0 saturated carbocycles. The van der Waals surface area contributed by atoms with Crippen molar-refractivity contribution in [3.05, 3.63) is 46.0 Å². The minimum atomic E-state index is -1.20. The number of hydrogen-bond acceptors (Lipinski definition) is 6. The molecule has 1 aromatic rings. The summed E-state index contributed by atoms with van der Waals surface area (Å²) in [5.41, 5.74) is -0.911. The van der Waals surface area contributed by atoms with Crippen LogP contribution in [0.2, 0.25) is 0 Å². The second kappa shape index (κ2) is 8.62. The number of hydrogen-bond donors (Lipinski definition) is 0. The molecule has 30 heavy (non-hydrogen) atoms. The minimum Gasteiger partial charge on any atom is -0.464 e. The van der Waals surface area contributed by atoms with E-state index in [2.05, 4.69) is 0 Å². The molecule has 1 saturated heterocycles. The monoisotopic (exact) mass is 420 g/mol. The summed E-state index contributed by atoms with van der Waals surface area (Å²) in [5, 5.41) is 12.3. The Balaban J connectivity index is 2.74. The number of likely N-dealkylation sites (tertiary alicyclic amines) is 1. The van der Waals surface area contributed by atoms with Crippen molar-refractivity contribution in [2.24, 2.45) is 11.3 Å². The van der Waals surface area contributed by atoms with Crippen LogP contribution in [0.4, 0.5) is 4.79 Å². The highest BCUT2D eigenvalue weighted by Gasteiger charge is 2.64. The van der Waals surface area contributed by atoms with Crippen molar-refractivity contribution in [2.45, 2.75) is 72.2 Å². The molecule has 0 aliphatic carbocycles. The van der Waals surface area contributed by atoms with Crippen LogP contribution in [-0.2, 0) is 14.3 Å². The molecular formula is C22H32N2O6. The van der Waals surface area contributed by atoms with Gasteiger partial charge in [-0.25, -0.2) is 9.59 Å². The number of esters is 1. The van der Waals surface area contributed by atoms with Crippen LogP contribution in [0.3, 0.4) is 0 Å². The second-order valence-corrected chi connectivity index (χ2v) is 9.61. The first-order valence-corrected chi connectivity index (χ1v) is 10.2. The predicted molar refractivity (Wildman–Crippen MR) is 111 cm³/mol. The van der Waals surface area contributed by atoms with Crippen LogP contribution >= 0.6 is 0 Å². The Morgan fingerprint density at radius 1 is 1.10 bits per heavy atom. The molecule has 0 aromatic heterocycles. The largest absolute Gasteiger partial charge is 0.464 e.